The van der Waals surface area contributed by atoms with Gasteiger partial charge in [0.05, 0.1) is 45.2 Å². The Kier molecular flexibility index (Phi) is 14.8. The molecule has 2 saturated heterocycles. The van der Waals surface area contributed by atoms with E-state index in [0.717, 1.165) is 58.1 Å². The number of rotatable bonds is 13. The van der Waals surface area contributed by atoms with Crippen molar-refractivity contribution in [3.8, 4) is 39.5 Å². The lowest BCUT2D eigenvalue weighted by molar-refractivity contribution is -0.127. The molecule has 17 nitrogen and oxygen atoms in total. The Morgan fingerprint density at radius 1 is 0.805 bits per heavy atom. The highest BCUT2D eigenvalue weighted by atomic mass is 35.5. The van der Waals surface area contributed by atoms with Gasteiger partial charge in [0, 0.05) is 85.3 Å². The number of benzene rings is 4. The predicted octanol–water partition coefficient (Wildman–Crippen LogP) is 9.70. The van der Waals surface area contributed by atoms with E-state index in [4.69, 9.17) is 26.6 Å². The number of para-hydroxylation sites is 1. The van der Waals surface area contributed by atoms with Gasteiger partial charge in [0.25, 0.3) is 0 Å². The molecular weight excluding hydrogens is 1070 g/mol. The van der Waals surface area contributed by atoms with Crippen molar-refractivity contribution in [1.82, 2.24) is 49.1 Å². The van der Waals surface area contributed by atoms with Gasteiger partial charge in [0.15, 0.2) is 11.5 Å². The van der Waals surface area contributed by atoms with Crippen molar-refractivity contribution in [2.24, 2.45) is 0 Å². The molecule has 5 aromatic heterocycles. The Balaban J connectivity index is 1.03. The summed E-state index contributed by atoms with van der Waals surface area (Å²) in [6.45, 7) is 19.5. The SMILES string of the molecule is C=CC(=O)N1CCN(c2nc(=O)n(-c3ccccc3CCC)c3cc(-c4c(C)cc(CC(C)c5nccc(C)c5-n5c(=O)nc(N6CCN(C(=O)C=C)C[C@@H]6C)c6cc(F)c(-c7c(O)cccc7F)nc65)c5[nH]ncc45)c(Cl)cc23)CC1. The molecule has 1 unspecified atom stereocenters. The molecule has 82 heavy (non-hydrogen) atoms. The Bertz CT molecular complexity index is 4210. The number of aromatic nitrogens is 8. The van der Waals surface area contributed by atoms with Crippen LogP contribution in [-0.2, 0) is 22.4 Å². The number of hydrogen-bond acceptors (Lipinski definition) is 12. The Morgan fingerprint density at radius 2 is 1.52 bits per heavy atom. The second kappa shape index (κ2) is 22.1. The average Bonchev–Trinajstić information content (AvgIpc) is 3.20. The fourth-order valence-corrected chi connectivity index (χ4v) is 12.2. The van der Waals surface area contributed by atoms with Crippen LogP contribution >= 0.6 is 11.6 Å². The first-order chi connectivity index (χ1) is 39.5. The topological polar surface area (TPSA) is 192 Å². The molecule has 2 aliphatic heterocycles. The van der Waals surface area contributed by atoms with E-state index < -0.39 is 45.9 Å². The summed E-state index contributed by atoms with van der Waals surface area (Å²) in [5.41, 5.74) is 5.37. The maximum absolute atomic E-state index is 16.6. The molecule has 4 aromatic carbocycles. The number of hydrogen-bond donors (Lipinski definition) is 2. The van der Waals surface area contributed by atoms with Crippen LogP contribution < -0.4 is 21.2 Å². The van der Waals surface area contributed by atoms with Crippen molar-refractivity contribution < 1.29 is 23.5 Å². The lowest BCUT2D eigenvalue weighted by atomic mass is 9.89. The molecule has 11 rings (SSSR count). The molecule has 418 valence electrons. The number of phenols is 1. The Morgan fingerprint density at radius 3 is 2.26 bits per heavy atom. The summed E-state index contributed by atoms with van der Waals surface area (Å²) in [7, 11) is 0. The maximum atomic E-state index is 16.6. The summed E-state index contributed by atoms with van der Waals surface area (Å²) in [6.07, 6.45) is 7.89. The standard InChI is InChI=1S/C62H59ClF2N12O5/c1-8-14-38-15-11-12-17-47(38)76-48-31-40(44(63)29-41(48)58(69-61(76)81)73-23-21-72(22-24-73)50(79)9-2)52-35(5)27-39(55-43(52)32-67-71-55)28-36(6)54-57(34(4)19-20-66-54)77-60-42(30-46(65)56(68-60)53-45(64)16-13-18-49(53)78)59(70-62(77)82)75-26-25-74(33-37(75)7)51(80)10-3/h9-13,15-20,27,29-32,36-37,78H,2-3,8,14,21-26,28,33H2,1,4-7H3,(H,67,71)/t36?,37-/m0/s1. The number of amides is 2. The number of anilines is 2. The molecule has 0 aliphatic carbocycles. The van der Waals surface area contributed by atoms with E-state index in [2.05, 4.69) is 41.3 Å². The highest BCUT2D eigenvalue weighted by Gasteiger charge is 2.33. The van der Waals surface area contributed by atoms with E-state index in [1.807, 2.05) is 73.9 Å². The third-order valence-corrected chi connectivity index (χ3v) is 16.2. The minimum Gasteiger partial charge on any atom is -0.507 e. The third kappa shape index (κ3) is 9.61. The normalized spacial score (nSPS) is 15.2. The largest absolute Gasteiger partial charge is 0.507 e. The number of carbonyl (C=O) groups excluding carboxylic acids is 2. The first kappa shape index (κ1) is 54.8. The van der Waals surface area contributed by atoms with Gasteiger partial charge in [0.1, 0.15) is 28.9 Å². The lowest BCUT2D eigenvalue weighted by Crippen LogP contribution is -2.54. The Labute approximate surface area is 475 Å². The zero-order valence-electron chi connectivity index (χ0n) is 46.0. The summed E-state index contributed by atoms with van der Waals surface area (Å²) < 4.78 is 35.2. The van der Waals surface area contributed by atoms with E-state index in [9.17, 15) is 24.3 Å². The van der Waals surface area contributed by atoms with Crippen molar-refractivity contribution in [3.05, 3.63) is 176 Å². The highest BCUT2D eigenvalue weighted by molar-refractivity contribution is 6.35. The van der Waals surface area contributed by atoms with Crippen LogP contribution in [0.5, 0.6) is 5.75 Å². The van der Waals surface area contributed by atoms with Crippen LogP contribution in [0.2, 0.25) is 5.02 Å². The van der Waals surface area contributed by atoms with E-state index in [-0.39, 0.29) is 54.3 Å². The van der Waals surface area contributed by atoms with Crippen LogP contribution in [0.1, 0.15) is 61.1 Å². The monoisotopic (exact) mass is 1120 g/mol. The molecule has 2 N–H and O–H groups in total. The molecule has 0 radical (unpaired) electrons. The quantitative estimate of drug-likeness (QED) is 0.104. The number of carbonyl (C=O) groups is 2. The van der Waals surface area contributed by atoms with Gasteiger partial charge in [-0.25, -0.2) is 27.9 Å². The molecule has 2 amide bonds. The number of pyridine rings is 2. The fraction of sp³-hybridized carbons (Fsp3) is 0.274. The number of phenolic OH excluding ortho intramolecular Hbond substituents is 1. The van der Waals surface area contributed by atoms with Crippen molar-refractivity contribution in [2.75, 3.05) is 55.6 Å². The molecule has 20 heteroatoms. The van der Waals surface area contributed by atoms with E-state index >= 15 is 8.78 Å². The van der Waals surface area contributed by atoms with Crippen molar-refractivity contribution in [1.29, 1.82) is 0 Å². The molecule has 2 fully saturated rings. The number of nitrogens with one attached hydrogen (secondary N) is 1. The molecule has 9 aromatic rings. The van der Waals surface area contributed by atoms with Crippen LogP contribution in [-0.4, -0.2) is 118 Å². The number of aromatic amines is 1. The highest BCUT2D eigenvalue weighted by Crippen LogP contribution is 2.43. The second-order valence-electron chi connectivity index (χ2n) is 21.1. The van der Waals surface area contributed by atoms with Crippen molar-refractivity contribution in [3.63, 3.8) is 0 Å². The van der Waals surface area contributed by atoms with Gasteiger partial charge in [-0.15, -0.1) is 0 Å². The molecule has 2 aliphatic rings. The summed E-state index contributed by atoms with van der Waals surface area (Å²) in [5.74, 6) is -2.65. The number of fused-ring (bicyclic) bond motifs is 3. The molecule has 0 bridgehead atoms. The van der Waals surface area contributed by atoms with Crippen LogP contribution in [0.3, 0.4) is 0 Å². The van der Waals surface area contributed by atoms with Gasteiger partial charge in [0.2, 0.25) is 11.8 Å². The second-order valence-corrected chi connectivity index (χ2v) is 21.5. The van der Waals surface area contributed by atoms with Crippen LogP contribution in [0, 0.1) is 25.5 Å². The summed E-state index contributed by atoms with van der Waals surface area (Å²) in [4.78, 5) is 80.9. The molecule has 7 heterocycles. The molecule has 2 atom stereocenters. The van der Waals surface area contributed by atoms with Crippen LogP contribution in [0.15, 0.2) is 120 Å². The van der Waals surface area contributed by atoms with Crippen molar-refractivity contribution in [2.45, 2.75) is 65.8 Å². The lowest BCUT2D eigenvalue weighted by Gasteiger charge is -2.40. The van der Waals surface area contributed by atoms with Gasteiger partial charge in [-0.05, 0) is 116 Å². The van der Waals surface area contributed by atoms with E-state index in [0.29, 0.717) is 82.5 Å². The Hall–Kier alpha value is -9.10. The van der Waals surface area contributed by atoms with Crippen LogP contribution in [0.4, 0.5) is 20.4 Å². The number of piperazine rings is 2. The predicted molar refractivity (Wildman–Crippen MR) is 316 cm³/mol. The minimum absolute atomic E-state index is 0.0522. The minimum atomic E-state index is -0.958. The maximum Gasteiger partial charge on any atom is 0.355 e. The first-order valence-electron chi connectivity index (χ1n) is 27.2. The molecule has 0 spiro atoms. The summed E-state index contributed by atoms with van der Waals surface area (Å²) >= 11 is 7.45. The smallest absolute Gasteiger partial charge is 0.355 e. The molecular formula is C62H59ClF2N12O5. The van der Waals surface area contributed by atoms with E-state index in [1.54, 1.807) is 32.8 Å². The average molecular weight is 1130 g/mol. The van der Waals surface area contributed by atoms with Gasteiger partial charge in [-0.3, -0.25) is 24.2 Å². The molecule has 0 saturated carbocycles. The number of nitrogens with zero attached hydrogens (tertiary/aromatic N) is 11. The summed E-state index contributed by atoms with van der Waals surface area (Å²) in [6, 6.07) is 19.8. The first-order valence-corrected chi connectivity index (χ1v) is 27.6. The number of aromatic hydroxyl groups is 1. The zero-order valence-corrected chi connectivity index (χ0v) is 46.8. The van der Waals surface area contributed by atoms with Crippen LogP contribution in [0.25, 0.3) is 66.6 Å². The number of aryl methyl sites for hydroxylation is 3. The zero-order chi connectivity index (χ0) is 57.8. The van der Waals surface area contributed by atoms with Gasteiger partial charge < -0.3 is 24.7 Å². The van der Waals surface area contributed by atoms with Gasteiger partial charge in [-0.1, -0.05) is 75.4 Å². The van der Waals surface area contributed by atoms with Crippen molar-refractivity contribution >= 4 is 67.9 Å². The van der Waals surface area contributed by atoms with E-state index in [1.165, 1.54) is 28.9 Å². The van der Waals surface area contributed by atoms with Gasteiger partial charge in [-0.2, -0.15) is 15.1 Å². The fourth-order valence-electron chi connectivity index (χ4n) is 11.9. The number of halogens is 3. The van der Waals surface area contributed by atoms with Gasteiger partial charge >= 0.3 is 11.4 Å². The number of H-pyrrole nitrogens is 1. The third-order valence-electron chi connectivity index (χ3n) is 15.8. The summed E-state index contributed by atoms with van der Waals surface area (Å²) in [5, 5.41) is 20.7.